The van der Waals surface area contributed by atoms with Crippen LogP contribution in [0.5, 0.6) is 0 Å². The minimum Gasteiger partial charge on any atom is -0.378 e. The number of aliphatic imine (C=N–C) groups is 1. The number of rotatable bonds is 6. The molecule has 1 aromatic rings. The summed E-state index contributed by atoms with van der Waals surface area (Å²) >= 11 is 0. The second-order valence-electron chi connectivity index (χ2n) is 6.78. The van der Waals surface area contributed by atoms with Crippen molar-refractivity contribution in [2.24, 2.45) is 10.9 Å². The summed E-state index contributed by atoms with van der Waals surface area (Å²) in [6, 6.07) is 3.88. The highest BCUT2D eigenvalue weighted by atomic mass is 127. The van der Waals surface area contributed by atoms with E-state index in [4.69, 9.17) is 0 Å². The van der Waals surface area contributed by atoms with Gasteiger partial charge in [0, 0.05) is 45.5 Å². The van der Waals surface area contributed by atoms with Crippen molar-refractivity contribution in [3.63, 3.8) is 0 Å². The van der Waals surface area contributed by atoms with Crippen molar-refractivity contribution in [1.29, 1.82) is 0 Å². The molecule has 0 bridgehead atoms. The second kappa shape index (κ2) is 10.8. The summed E-state index contributed by atoms with van der Waals surface area (Å²) in [4.78, 5) is 17.1. The Balaban J connectivity index is 0.00000392. The Hall–Kier alpha value is -1.63. The van der Waals surface area contributed by atoms with Crippen LogP contribution in [-0.2, 0) is 9.84 Å². The van der Waals surface area contributed by atoms with Crippen molar-refractivity contribution in [3.8, 4) is 0 Å². The molecule has 158 valence electrons. The molecule has 11 heteroatoms. The molecule has 0 aliphatic carbocycles. The number of anilines is 1. The van der Waals surface area contributed by atoms with Gasteiger partial charge in [0.25, 0.3) is 5.69 Å². The van der Waals surface area contributed by atoms with E-state index in [1.54, 1.807) is 7.05 Å². The lowest BCUT2D eigenvalue weighted by atomic mass is 10.00. The summed E-state index contributed by atoms with van der Waals surface area (Å²) in [6.07, 6.45) is 3.30. The van der Waals surface area contributed by atoms with Gasteiger partial charge in [0.1, 0.15) is 5.69 Å². The van der Waals surface area contributed by atoms with E-state index >= 15 is 0 Å². The van der Waals surface area contributed by atoms with Crippen molar-refractivity contribution in [2.45, 2.75) is 24.7 Å². The zero-order valence-electron chi connectivity index (χ0n) is 16.3. The number of piperidine rings is 1. The molecule has 2 N–H and O–H groups in total. The number of halogens is 1. The molecule has 1 saturated heterocycles. The Morgan fingerprint density at radius 1 is 1.32 bits per heavy atom. The van der Waals surface area contributed by atoms with Gasteiger partial charge >= 0.3 is 0 Å². The third-order valence-electron chi connectivity index (χ3n) is 4.61. The van der Waals surface area contributed by atoms with E-state index in [0.29, 0.717) is 13.1 Å². The third kappa shape index (κ3) is 6.76. The molecule has 1 aromatic carbocycles. The van der Waals surface area contributed by atoms with Gasteiger partial charge in [0.2, 0.25) is 0 Å². The van der Waals surface area contributed by atoms with E-state index in [2.05, 4.69) is 27.4 Å². The molecule has 0 aromatic heterocycles. The maximum Gasteiger partial charge on any atom is 0.293 e. The van der Waals surface area contributed by atoms with Crippen LogP contribution in [0.2, 0.25) is 0 Å². The quantitative estimate of drug-likeness (QED) is 0.146. The molecule has 0 spiro atoms. The van der Waals surface area contributed by atoms with Gasteiger partial charge < -0.3 is 15.5 Å². The maximum atomic E-state index is 11.6. The lowest BCUT2D eigenvalue weighted by molar-refractivity contribution is -0.384. The summed E-state index contributed by atoms with van der Waals surface area (Å²) < 4.78 is 23.2. The fourth-order valence-corrected chi connectivity index (χ4v) is 3.61. The first-order valence-electron chi connectivity index (χ1n) is 8.90. The molecular formula is C17H28IN5O4S. The van der Waals surface area contributed by atoms with E-state index in [0.717, 1.165) is 50.1 Å². The molecule has 1 heterocycles. The Bertz CT molecular complexity index is 808. The van der Waals surface area contributed by atoms with Gasteiger partial charge in [-0.2, -0.15) is 0 Å². The van der Waals surface area contributed by atoms with Gasteiger partial charge in [-0.25, -0.2) is 8.42 Å². The number of sulfone groups is 1. The van der Waals surface area contributed by atoms with Crippen LogP contribution in [0, 0.1) is 16.0 Å². The molecule has 1 fully saturated rings. The Morgan fingerprint density at radius 3 is 2.50 bits per heavy atom. The molecule has 0 unspecified atom stereocenters. The zero-order chi connectivity index (χ0) is 20.0. The summed E-state index contributed by atoms with van der Waals surface area (Å²) in [5, 5.41) is 17.5. The van der Waals surface area contributed by atoms with E-state index in [-0.39, 0.29) is 40.2 Å². The average Bonchev–Trinajstić information content (AvgIpc) is 2.62. The van der Waals surface area contributed by atoms with Crippen LogP contribution in [0.4, 0.5) is 11.4 Å². The summed E-state index contributed by atoms with van der Waals surface area (Å²) in [7, 11) is -1.76. The molecule has 1 aliphatic heterocycles. The highest BCUT2D eigenvalue weighted by Crippen LogP contribution is 2.27. The molecule has 0 radical (unpaired) electrons. The van der Waals surface area contributed by atoms with Crippen LogP contribution in [0.3, 0.4) is 0 Å². The molecule has 0 saturated carbocycles. The smallest absolute Gasteiger partial charge is 0.293 e. The van der Waals surface area contributed by atoms with Crippen molar-refractivity contribution >= 4 is 51.1 Å². The van der Waals surface area contributed by atoms with Crippen LogP contribution in [0.25, 0.3) is 0 Å². The average molecular weight is 525 g/mol. The van der Waals surface area contributed by atoms with E-state index in [1.165, 1.54) is 12.1 Å². The Morgan fingerprint density at radius 2 is 1.96 bits per heavy atom. The summed E-state index contributed by atoms with van der Waals surface area (Å²) in [6.45, 7) is 5.14. The van der Waals surface area contributed by atoms with Gasteiger partial charge in [0.15, 0.2) is 15.8 Å². The van der Waals surface area contributed by atoms with Gasteiger partial charge in [-0.1, -0.05) is 6.92 Å². The molecule has 2 rings (SSSR count). The van der Waals surface area contributed by atoms with Gasteiger partial charge in [0.05, 0.1) is 9.82 Å². The van der Waals surface area contributed by atoms with Crippen molar-refractivity contribution in [1.82, 2.24) is 10.2 Å². The lowest BCUT2D eigenvalue weighted by Gasteiger charge is -2.32. The van der Waals surface area contributed by atoms with Crippen LogP contribution in [0.1, 0.15) is 19.8 Å². The van der Waals surface area contributed by atoms with Crippen LogP contribution in [0.15, 0.2) is 28.1 Å². The molecule has 28 heavy (non-hydrogen) atoms. The topological polar surface area (TPSA) is 117 Å². The number of benzene rings is 1. The number of nitro groups is 1. The van der Waals surface area contributed by atoms with Gasteiger partial charge in [-0.15, -0.1) is 24.0 Å². The number of nitro benzene ring substituents is 1. The van der Waals surface area contributed by atoms with Gasteiger partial charge in [-0.3, -0.25) is 15.1 Å². The lowest BCUT2D eigenvalue weighted by Crippen LogP contribution is -2.46. The number of nitrogens with one attached hydrogen (secondary N) is 2. The number of hydrogen-bond acceptors (Lipinski definition) is 6. The molecular weight excluding hydrogens is 497 g/mol. The van der Waals surface area contributed by atoms with E-state index in [9.17, 15) is 18.5 Å². The highest BCUT2D eigenvalue weighted by Gasteiger charge is 2.20. The van der Waals surface area contributed by atoms with Crippen LogP contribution >= 0.6 is 24.0 Å². The highest BCUT2D eigenvalue weighted by molar-refractivity contribution is 14.0. The molecule has 9 nitrogen and oxygen atoms in total. The summed E-state index contributed by atoms with van der Waals surface area (Å²) in [5.74, 6) is 1.56. The van der Waals surface area contributed by atoms with Crippen molar-refractivity contribution < 1.29 is 13.3 Å². The normalized spacial score (nSPS) is 15.7. The first-order chi connectivity index (χ1) is 12.7. The standard InChI is InChI=1S/C17H27N5O4S.HI/c1-13-6-10-21(11-7-13)17(18-2)20-9-8-19-15-5-4-14(27(3,25)26)12-16(15)22(23)24;/h4-5,12-13,19H,6-11H2,1-3H3,(H,18,20);1H. The zero-order valence-corrected chi connectivity index (χ0v) is 19.5. The molecule has 0 atom stereocenters. The van der Waals surface area contributed by atoms with Crippen molar-refractivity contribution in [3.05, 3.63) is 28.3 Å². The third-order valence-corrected chi connectivity index (χ3v) is 5.72. The SMILES string of the molecule is CN=C(NCCNc1ccc(S(C)(=O)=O)cc1[N+](=O)[O-])N1CCC(C)CC1.I. The minimum absolute atomic E-state index is 0. The second-order valence-corrected chi connectivity index (χ2v) is 8.79. The van der Waals surface area contributed by atoms with Crippen LogP contribution < -0.4 is 10.6 Å². The number of nitrogens with zero attached hydrogens (tertiary/aromatic N) is 3. The number of hydrogen-bond donors (Lipinski definition) is 2. The Labute approximate surface area is 183 Å². The first-order valence-corrected chi connectivity index (χ1v) is 10.8. The minimum atomic E-state index is -3.50. The number of likely N-dealkylation sites (tertiary alicyclic amines) is 1. The molecule has 1 aliphatic rings. The van der Waals surface area contributed by atoms with E-state index < -0.39 is 14.8 Å². The molecule has 0 amide bonds. The maximum absolute atomic E-state index is 11.6. The van der Waals surface area contributed by atoms with Crippen molar-refractivity contribution in [2.75, 3.05) is 44.8 Å². The fraction of sp³-hybridized carbons (Fsp3) is 0.588. The summed E-state index contributed by atoms with van der Waals surface area (Å²) in [5.41, 5.74) is 0.0308. The van der Waals surface area contributed by atoms with Gasteiger partial charge in [-0.05, 0) is 30.9 Å². The predicted molar refractivity (Wildman–Crippen MR) is 121 cm³/mol. The van der Waals surface area contributed by atoms with E-state index in [1.807, 2.05) is 0 Å². The monoisotopic (exact) mass is 525 g/mol. The number of guanidine groups is 1. The predicted octanol–water partition coefficient (Wildman–Crippen LogP) is 2.34. The largest absolute Gasteiger partial charge is 0.378 e. The first kappa shape index (κ1) is 24.4. The fourth-order valence-electron chi connectivity index (χ4n) is 2.97. The van der Waals surface area contributed by atoms with Crippen LogP contribution in [-0.4, -0.2) is 63.7 Å². The Kier molecular flexibility index (Phi) is 9.40.